The summed E-state index contributed by atoms with van der Waals surface area (Å²) >= 11 is 5.68. The summed E-state index contributed by atoms with van der Waals surface area (Å²) < 4.78 is 0. The molecule has 2 rings (SSSR count). The van der Waals surface area contributed by atoms with Crippen molar-refractivity contribution in [3.8, 4) is 6.07 Å². The summed E-state index contributed by atoms with van der Waals surface area (Å²) in [5.41, 5.74) is 2.97. The summed E-state index contributed by atoms with van der Waals surface area (Å²) in [4.78, 5) is 24.2. The van der Waals surface area contributed by atoms with Crippen molar-refractivity contribution >= 4 is 23.6 Å². The zero-order valence-corrected chi connectivity index (χ0v) is 14.1. The van der Waals surface area contributed by atoms with Gasteiger partial charge in [-0.05, 0) is 42.5 Å². The lowest BCUT2D eigenvalue weighted by Gasteiger charge is -2.31. The molecule has 7 heteroatoms. The van der Waals surface area contributed by atoms with Crippen LogP contribution in [0.3, 0.4) is 0 Å². The number of rotatable bonds is 6. The minimum atomic E-state index is -1.11. The van der Waals surface area contributed by atoms with Gasteiger partial charge in [-0.15, -0.1) is 11.6 Å². The molecule has 0 radical (unpaired) electrons. The molecule has 1 unspecified atom stereocenters. The predicted octanol–water partition coefficient (Wildman–Crippen LogP) is 2.31. The maximum atomic E-state index is 12.0. The van der Waals surface area contributed by atoms with Gasteiger partial charge >= 0.3 is 6.09 Å². The fourth-order valence-corrected chi connectivity index (χ4v) is 3.31. The molecule has 0 heterocycles. The van der Waals surface area contributed by atoms with E-state index in [1.54, 1.807) is 11.0 Å². The van der Waals surface area contributed by atoms with Crippen molar-refractivity contribution in [3.63, 3.8) is 0 Å². The number of hydrogen-bond acceptors (Lipinski definition) is 3. The number of nitriles is 1. The van der Waals surface area contributed by atoms with Crippen LogP contribution in [0.25, 0.3) is 0 Å². The highest BCUT2D eigenvalue weighted by Gasteiger charge is 2.24. The summed E-state index contributed by atoms with van der Waals surface area (Å²) in [5, 5.41) is 20.0. The Morgan fingerprint density at radius 2 is 2.25 bits per heavy atom. The number of amides is 2. The normalized spacial score (nSPS) is 15.9. The monoisotopic (exact) mass is 349 g/mol. The van der Waals surface area contributed by atoms with E-state index in [0.29, 0.717) is 18.7 Å². The Morgan fingerprint density at radius 3 is 2.92 bits per heavy atom. The molecule has 24 heavy (non-hydrogen) atoms. The van der Waals surface area contributed by atoms with Crippen LogP contribution in [-0.4, -0.2) is 47.5 Å². The van der Waals surface area contributed by atoms with Crippen LogP contribution in [0, 0.1) is 11.3 Å². The molecule has 1 atom stereocenters. The first kappa shape index (κ1) is 18.1. The lowest BCUT2D eigenvalue weighted by molar-refractivity contribution is -0.128. The lowest BCUT2D eigenvalue weighted by Crippen LogP contribution is -2.41. The van der Waals surface area contributed by atoms with Crippen molar-refractivity contribution in [3.05, 3.63) is 34.9 Å². The van der Waals surface area contributed by atoms with Crippen LogP contribution in [0.15, 0.2) is 18.2 Å². The van der Waals surface area contributed by atoms with Gasteiger partial charge in [0, 0.05) is 25.6 Å². The van der Waals surface area contributed by atoms with Crippen LogP contribution in [0.1, 0.15) is 35.4 Å². The molecule has 2 amide bonds. The number of nitrogens with zero attached hydrogens (tertiary/aromatic N) is 2. The minimum Gasteiger partial charge on any atom is -0.465 e. The number of benzene rings is 1. The Hall–Kier alpha value is -2.26. The first-order valence-corrected chi connectivity index (χ1v) is 8.42. The summed E-state index contributed by atoms with van der Waals surface area (Å²) in [6.45, 7) is 0.969. The van der Waals surface area contributed by atoms with E-state index >= 15 is 0 Å². The molecule has 0 bridgehead atoms. The highest BCUT2D eigenvalue weighted by Crippen LogP contribution is 2.32. The third-order valence-corrected chi connectivity index (χ3v) is 4.50. The van der Waals surface area contributed by atoms with Crippen LogP contribution >= 0.6 is 11.6 Å². The van der Waals surface area contributed by atoms with E-state index in [2.05, 4.69) is 11.4 Å². The van der Waals surface area contributed by atoms with E-state index in [1.165, 1.54) is 5.56 Å². The van der Waals surface area contributed by atoms with Crippen LogP contribution in [0.5, 0.6) is 0 Å². The average Bonchev–Trinajstić information content (AvgIpc) is 2.59. The van der Waals surface area contributed by atoms with Gasteiger partial charge in [0.25, 0.3) is 0 Å². The minimum absolute atomic E-state index is 0.125. The maximum absolute atomic E-state index is 12.0. The molecule has 0 fully saturated rings. The van der Waals surface area contributed by atoms with Crippen LogP contribution in [0.4, 0.5) is 4.79 Å². The molecule has 1 aromatic carbocycles. The van der Waals surface area contributed by atoms with Gasteiger partial charge in [0.05, 0.1) is 11.6 Å². The van der Waals surface area contributed by atoms with E-state index in [9.17, 15) is 9.59 Å². The SMILES string of the molecule is N#Cc1ccc2c(c1)CCCC2CN(CCNC(=O)O)C(=O)CCl. The molecule has 0 saturated carbocycles. The Balaban J connectivity index is 2.11. The number of carbonyl (C=O) groups excluding carboxylic acids is 1. The number of fused-ring (bicyclic) bond motifs is 1. The van der Waals surface area contributed by atoms with Gasteiger partial charge < -0.3 is 15.3 Å². The molecule has 6 nitrogen and oxygen atoms in total. The van der Waals surface area contributed by atoms with Gasteiger partial charge in [-0.3, -0.25) is 4.79 Å². The third-order valence-electron chi connectivity index (χ3n) is 4.28. The third kappa shape index (κ3) is 4.62. The number of alkyl halides is 1. The van der Waals surface area contributed by atoms with E-state index in [1.807, 2.05) is 12.1 Å². The Morgan fingerprint density at radius 1 is 1.46 bits per heavy atom. The Bertz CT molecular complexity index is 657. The van der Waals surface area contributed by atoms with E-state index in [0.717, 1.165) is 24.8 Å². The highest BCUT2D eigenvalue weighted by atomic mass is 35.5. The zero-order chi connectivity index (χ0) is 17.5. The number of carbonyl (C=O) groups is 2. The number of aryl methyl sites for hydroxylation is 1. The van der Waals surface area contributed by atoms with Gasteiger partial charge in [-0.2, -0.15) is 5.26 Å². The first-order chi connectivity index (χ1) is 11.5. The topological polar surface area (TPSA) is 93.4 Å². The molecular formula is C17H20ClN3O3. The molecule has 0 spiro atoms. The first-order valence-electron chi connectivity index (χ1n) is 7.88. The summed E-state index contributed by atoms with van der Waals surface area (Å²) in [7, 11) is 0. The van der Waals surface area contributed by atoms with Gasteiger partial charge in [0.2, 0.25) is 5.91 Å². The average molecular weight is 350 g/mol. The molecular weight excluding hydrogens is 330 g/mol. The number of halogens is 1. The van der Waals surface area contributed by atoms with Crippen molar-refractivity contribution in [1.82, 2.24) is 10.2 Å². The standard InChI is InChI=1S/C17H20ClN3O3/c18-9-16(22)21(7-6-20-17(23)24)11-14-3-1-2-13-8-12(10-19)4-5-15(13)14/h4-5,8,14,20H,1-3,6-7,9,11H2,(H,23,24). The summed E-state index contributed by atoms with van der Waals surface area (Å²) in [5.74, 6) is -0.150. The molecule has 1 aliphatic rings. The summed E-state index contributed by atoms with van der Waals surface area (Å²) in [6, 6.07) is 7.84. The van der Waals surface area contributed by atoms with Gasteiger partial charge in [0.1, 0.15) is 5.88 Å². The number of carboxylic acid groups (broad SMARTS) is 1. The molecule has 0 aliphatic heterocycles. The smallest absolute Gasteiger partial charge is 0.404 e. The molecule has 0 saturated heterocycles. The van der Waals surface area contributed by atoms with Crippen LogP contribution < -0.4 is 5.32 Å². The second-order valence-electron chi connectivity index (χ2n) is 5.82. The Labute approximate surface area is 146 Å². The quantitative estimate of drug-likeness (QED) is 0.771. The molecule has 1 aromatic rings. The molecule has 0 aromatic heterocycles. The number of hydrogen-bond donors (Lipinski definition) is 2. The maximum Gasteiger partial charge on any atom is 0.404 e. The fourth-order valence-electron chi connectivity index (χ4n) is 3.14. The predicted molar refractivity (Wildman–Crippen MR) is 90.2 cm³/mol. The zero-order valence-electron chi connectivity index (χ0n) is 13.3. The van der Waals surface area contributed by atoms with E-state index in [4.69, 9.17) is 22.0 Å². The van der Waals surface area contributed by atoms with Gasteiger partial charge in [0.15, 0.2) is 0 Å². The second kappa shape index (κ2) is 8.55. The van der Waals surface area contributed by atoms with Crippen molar-refractivity contribution in [1.29, 1.82) is 5.26 Å². The highest BCUT2D eigenvalue weighted by molar-refractivity contribution is 6.27. The molecule has 2 N–H and O–H groups in total. The molecule has 128 valence electrons. The van der Waals surface area contributed by atoms with Gasteiger partial charge in [-0.25, -0.2) is 4.79 Å². The van der Waals surface area contributed by atoms with E-state index < -0.39 is 6.09 Å². The van der Waals surface area contributed by atoms with Crippen LogP contribution in [-0.2, 0) is 11.2 Å². The Kier molecular flexibility index (Phi) is 6.44. The number of nitrogens with one attached hydrogen (secondary N) is 1. The molecule has 1 aliphatic carbocycles. The van der Waals surface area contributed by atoms with Crippen molar-refractivity contribution in [2.75, 3.05) is 25.5 Å². The van der Waals surface area contributed by atoms with Crippen molar-refractivity contribution in [2.24, 2.45) is 0 Å². The lowest BCUT2D eigenvalue weighted by atomic mass is 9.82. The van der Waals surface area contributed by atoms with Crippen molar-refractivity contribution < 1.29 is 14.7 Å². The van der Waals surface area contributed by atoms with Gasteiger partial charge in [-0.1, -0.05) is 6.07 Å². The van der Waals surface area contributed by atoms with E-state index in [-0.39, 0.29) is 24.2 Å². The van der Waals surface area contributed by atoms with Crippen LogP contribution in [0.2, 0.25) is 0 Å². The largest absolute Gasteiger partial charge is 0.465 e. The van der Waals surface area contributed by atoms with Crippen molar-refractivity contribution in [2.45, 2.75) is 25.2 Å². The fraction of sp³-hybridized carbons (Fsp3) is 0.471. The summed E-state index contributed by atoms with van der Waals surface area (Å²) in [6.07, 6.45) is 1.78. The second-order valence-corrected chi connectivity index (χ2v) is 6.09.